The van der Waals surface area contributed by atoms with E-state index in [1.165, 1.54) is 0 Å². The fourth-order valence-electron chi connectivity index (χ4n) is 1.36. The van der Waals surface area contributed by atoms with Gasteiger partial charge in [0.05, 0.1) is 11.3 Å². The summed E-state index contributed by atoms with van der Waals surface area (Å²) in [6.45, 7) is 0. The van der Waals surface area contributed by atoms with E-state index in [0.29, 0.717) is 0 Å². The predicted octanol–water partition coefficient (Wildman–Crippen LogP) is 4.83. The first-order chi connectivity index (χ1) is 8.95. The molecule has 0 bridgehead atoms. The highest BCUT2D eigenvalue weighted by atomic mass is 79.9. The molecule has 1 aromatic rings. The van der Waals surface area contributed by atoms with Crippen LogP contribution in [0, 0.1) is 0 Å². The maximum absolute atomic E-state index is 12.7. The van der Waals surface area contributed by atoms with Crippen LogP contribution in [0.25, 0.3) is 0 Å². The van der Waals surface area contributed by atoms with Crippen molar-refractivity contribution in [1.82, 2.24) is 4.98 Å². The van der Waals surface area contributed by atoms with Crippen LogP contribution in [0.4, 0.5) is 35.1 Å². The van der Waals surface area contributed by atoms with Crippen LogP contribution in [0.1, 0.15) is 23.2 Å². The van der Waals surface area contributed by atoms with Crippen molar-refractivity contribution in [3.8, 4) is 5.88 Å². The van der Waals surface area contributed by atoms with Gasteiger partial charge in [-0.15, -0.1) is 13.2 Å². The molecule has 114 valence electrons. The summed E-state index contributed by atoms with van der Waals surface area (Å²) in [5.74, 6) is -1.38. The van der Waals surface area contributed by atoms with Crippen molar-refractivity contribution in [2.75, 3.05) is 0 Å². The molecule has 11 heteroatoms. The smallest absolute Gasteiger partial charge is 0.388 e. The lowest BCUT2D eigenvalue weighted by atomic mass is 10.1. The van der Waals surface area contributed by atoms with Crippen LogP contribution < -0.4 is 4.74 Å². The molecular weight excluding hydrogens is 370 g/mol. The molecule has 0 saturated carbocycles. The summed E-state index contributed by atoms with van der Waals surface area (Å²) in [5, 5.41) is -0.670. The van der Waals surface area contributed by atoms with Gasteiger partial charge in [-0.2, -0.15) is 13.2 Å². The van der Waals surface area contributed by atoms with Crippen LogP contribution in [-0.4, -0.2) is 11.3 Å². The second kappa shape index (κ2) is 5.70. The fraction of sp³-hybridized carbons (Fsp3) is 0.444. The topological polar surface area (TPSA) is 22.1 Å². The predicted molar refractivity (Wildman–Crippen MR) is 53.5 cm³/mol. The van der Waals surface area contributed by atoms with Crippen molar-refractivity contribution in [3.05, 3.63) is 22.9 Å². The monoisotopic (exact) mass is 373 g/mol. The molecular formula is C9H4BrF8NO. The van der Waals surface area contributed by atoms with Gasteiger partial charge < -0.3 is 4.74 Å². The van der Waals surface area contributed by atoms with Gasteiger partial charge in [0.25, 0.3) is 6.43 Å². The maximum atomic E-state index is 12.7. The van der Waals surface area contributed by atoms with E-state index < -0.39 is 47.0 Å². The number of ether oxygens (including phenoxy) is 1. The van der Waals surface area contributed by atoms with Gasteiger partial charge in [-0.25, -0.2) is 13.8 Å². The van der Waals surface area contributed by atoms with E-state index >= 15 is 0 Å². The standard InChI is InChI=1S/C9H4BrF8NO/c10-2-4-6(8(13,14)15)3(7(11)12)1-5(19-4)20-9(16,17)18/h1,7H,2H2. The Hall–Kier alpha value is -1.13. The number of aromatic nitrogens is 1. The van der Waals surface area contributed by atoms with Gasteiger partial charge in [-0.1, -0.05) is 15.9 Å². The van der Waals surface area contributed by atoms with Gasteiger partial charge >= 0.3 is 12.5 Å². The second-order valence-corrected chi connectivity index (χ2v) is 3.91. The van der Waals surface area contributed by atoms with E-state index in [0.717, 1.165) is 0 Å². The third kappa shape index (κ3) is 4.18. The van der Waals surface area contributed by atoms with Crippen LogP contribution in [0.3, 0.4) is 0 Å². The zero-order chi connectivity index (χ0) is 15.7. The van der Waals surface area contributed by atoms with Gasteiger partial charge in [0.15, 0.2) is 0 Å². The Balaban J connectivity index is 3.47. The summed E-state index contributed by atoms with van der Waals surface area (Å²) in [7, 11) is 0. The van der Waals surface area contributed by atoms with Gasteiger partial charge in [0, 0.05) is 17.0 Å². The first kappa shape index (κ1) is 16.9. The van der Waals surface area contributed by atoms with Gasteiger partial charge in [-0.05, 0) is 0 Å². The third-order valence-electron chi connectivity index (χ3n) is 1.97. The lowest BCUT2D eigenvalue weighted by Gasteiger charge is -2.17. The number of pyridine rings is 1. The Morgan fingerprint density at radius 3 is 2.05 bits per heavy atom. The van der Waals surface area contributed by atoms with Gasteiger partial charge in [0.1, 0.15) is 0 Å². The van der Waals surface area contributed by atoms with Crippen molar-refractivity contribution in [3.63, 3.8) is 0 Å². The number of nitrogens with zero attached hydrogens (tertiary/aromatic N) is 1. The van der Waals surface area contributed by atoms with Crippen LogP contribution in [0.15, 0.2) is 6.07 Å². The van der Waals surface area contributed by atoms with E-state index in [9.17, 15) is 35.1 Å². The quantitative estimate of drug-likeness (QED) is 0.559. The highest BCUT2D eigenvalue weighted by molar-refractivity contribution is 9.08. The van der Waals surface area contributed by atoms with Gasteiger partial charge in [0.2, 0.25) is 5.88 Å². The fourth-order valence-corrected chi connectivity index (χ4v) is 1.77. The molecule has 1 rings (SSSR count). The van der Waals surface area contributed by atoms with Crippen molar-refractivity contribution in [1.29, 1.82) is 0 Å². The summed E-state index contributed by atoms with van der Waals surface area (Å²) in [4.78, 5) is 2.94. The van der Waals surface area contributed by atoms with Crippen LogP contribution in [-0.2, 0) is 11.5 Å². The minimum Gasteiger partial charge on any atom is -0.388 e. The SMILES string of the molecule is FC(F)c1cc(OC(F)(F)F)nc(CBr)c1C(F)(F)F. The highest BCUT2D eigenvalue weighted by Crippen LogP contribution is 2.40. The van der Waals surface area contributed by atoms with E-state index in [2.05, 4.69) is 25.7 Å². The summed E-state index contributed by atoms with van der Waals surface area (Å²) in [6.07, 6.45) is -14.1. The zero-order valence-corrected chi connectivity index (χ0v) is 10.7. The van der Waals surface area contributed by atoms with Crippen molar-refractivity contribution in [2.45, 2.75) is 24.3 Å². The average molecular weight is 374 g/mol. The Bertz CT molecular complexity index is 484. The average Bonchev–Trinajstić information content (AvgIpc) is 2.23. The lowest BCUT2D eigenvalue weighted by molar-refractivity contribution is -0.276. The van der Waals surface area contributed by atoms with Gasteiger partial charge in [-0.3, -0.25) is 0 Å². The normalized spacial score (nSPS) is 12.9. The summed E-state index contributed by atoms with van der Waals surface area (Å²) in [6, 6.07) is -0.0762. The molecule has 20 heavy (non-hydrogen) atoms. The number of rotatable bonds is 3. The summed E-state index contributed by atoms with van der Waals surface area (Å²) < 4.78 is 102. The Morgan fingerprint density at radius 1 is 1.15 bits per heavy atom. The van der Waals surface area contributed by atoms with E-state index in [-0.39, 0.29) is 6.07 Å². The largest absolute Gasteiger partial charge is 0.574 e. The second-order valence-electron chi connectivity index (χ2n) is 3.35. The van der Waals surface area contributed by atoms with E-state index in [1.54, 1.807) is 0 Å². The Kier molecular flexibility index (Phi) is 4.82. The number of alkyl halides is 9. The highest BCUT2D eigenvalue weighted by Gasteiger charge is 2.40. The molecule has 0 unspecified atom stereocenters. The minimum absolute atomic E-state index is 0.0762. The molecule has 0 radical (unpaired) electrons. The first-order valence-corrected chi connectivity index (χ1v) is 5.78. The van der Waals surface area contributed by atoms with Crippen molar-refractivity contribution >= 4 is 15.9 Å². The molecule has 0 fully saturated rings. The third-order valence-corrected chi connectivity index (χ3v) is 2.50. The molecule has 1 aromatic heterocycles. The Labute approximate surface area is 114 Å². The molecule has 0 aromatic carbocycles. The lowest BCUT2D eigenvalue weighted by Crippen LogP contribution is -2.20. The molecule has 0 aliphatic rings. The minimum atomic E-state index is -5.25. The molecule has 0 aliphatic carbocycles. The van der Waals surface area contributed by atoms with E-state index in [1.807, 2.05) is 0 Å². The van der Waals surface area contributed by atoms with Crippen LogP contribution >= 0.6 is 15.9 Å². The molecule has 0 aliphatic heterocycles. The summed E-state index contributed by atoms with van der Waals surface area (Å²) in [5.41, 5.74) is -4.42. The maximum Gasteiger partial charge on any atom is 0.574 e. The van der Waals surface area contributed by atoms with Crippen molar-refractivity contribution < 1.29 is 39.9 Å². The zero-order valence-electron chi connectivity index (χ0n) is 9.12. The molecule has 0 amide bonds. The number of hydrogen-bond donors (Lipinski definition) is 0. The first-order valence-electron chi connectivity index (χ1n) is 4.66. The molecule has 0 spiro atoms. The molecule has 1 heterocycles. The van der Waals surface area contributed by atoms with Crippen molar-refractivity contribution in [2.24, 2.45) is 0 Å². The molecule has 0 saturated heterocycles. The molecule has 0 atom stereocenters. The molecule has 0 N–H and O–H groups in total. The van der Waals surface area contributed by atoms with E-state index in [4.69, 9.17) is 0 Å². The number of halogens is 9. The Morgan fingerprint density at radius 2 is 1.70 bits per heavy atom. The summed E-state index contributed by atoms with van der Waals surface area (Å²) >= 11 is 2.55. The molecule has 2 nitrogen and oxygen atoms in total. The van der Waals surface area contributed by atoms with Crippen LogP contribution in [0.2, 0.25) is 0 Å². The van der Waals surface area contributed by atoms with Crippen LogP contribution in [0.5, 0.6) is 5.88 Å². The number of hydrogen-bond acceptors (Lipinski definition) is 2.